The summed E-state index contributed by atoms with van der Waals surface area (Å²) in [5.74, 6) is 1.27. The lowest BCUT2D eigenvalue weighted by Crippen LogP contribution is -2.55. The molecule has 2 amide bonds. The predicted molar refractivity (Wildman–Crippen MR) is 133 cm³/mol. The monoisotopic (exact) mass is 484 g/mol. The number of nitrogens with one attached hydrogen (secondary N) is 2. The molecule has 0 saturated carbocycles. The number of fused-ring (bicyclic) bond motifs is 2. The number of nitrogens with zero attached hydrogens (tertiary/aromatic N) is 2. The van der Waals surface area contributed by atoms with E-state index < -0.39 is 5.60 Å². The summed E-state index contributed by atoms with van der Waals surface area (Å²) in [4.78, 5) is 32.2. The Bertz CT molecular complexity index is 1010. The summed E-state index contributed by atoms with van der Waals surface area (Å²) in [6.45, 7) is 7.43. The Kier molecular flexibility index (Phi) is 7.03. The first-order valence-electron chi connectivity index (χ1n) is 11.9. The Hall–Kier alpha value is -2.80. The van der Waals surface area contributed by atoms with Crippen molar-refractivity contribution in [3.63, 3.8) is 0 Å². The lowest BCUT2D eigenvalue weighted by Gasteiger charge is -2.40. The molecule has 2 aromatic rings. The number of piperidine rings is 1. The molecule has 7 nitrogen and oxygen atoms in total. The van der Waals surface area contributed by atoms with E-state index >= 15 is 0 Å². The van der Waals surface area contributed by atoms with Crippen LogP contribution < -0.4 is 20.3 Å². The summed E-state index contributed by atoms with van der Waals surface area (Å²) >= 11 is 5.94. The lowest BCUT2D eigenvalue weighted by atomic mass is 9.96. The Morgan fingerprint density at radius 1 is 1.09 bits per heavy atom. The molecule has 34 heavy (non-hydrogen) atoms. The van der Waals surface area contributed by atoms with E-state index in [9.17, 15) is 9.59 Å². The van der Waals surface area contributed by atoms with Crippen LogP contribution in [-0.2, 0) is 4.79 Å². The predicted octanol–water partition coefficient (Wildman–Crippen LogP) is 4.35. The summed E-state index contributed by atoms with van der Waals surface area (Å²) in [6.07, 6.45) is 5.50. The van der Waals surface area contributed by atoms with Gasteiger partial charge in [0.15, 0.2) is 5.60 Å². The number of aromatic nitrogens is 1. The minimum absolute atomic E-state index is 0.0822. The van der Waals surface area contributed by atoms with Gasteiger partial charge < -0.3 is 20.3 Å². The fourth-order valence-corrected chi connectivity index (χ4v) is 5.02. The maximum atomic E-state index is 13.0. The van der Waals surface area contributed by atoms with Gasteiger partial charge in [-0.25, -0.2) is 4.98 Å². The molecule has 2 aliphatic rings. The van der Waals surface area contributed by atoms with Gasteiger partial charge in [-0.15, -0.1) is 0 Å². The van der Waals surface area contributed by atoms with Gasteiger partial charge in [0, 0.05) is 35.4 Å². The van der Waals surface area contributed by atoms with Crippen molar-refractivity contribution in [2.75, 3.05) is 4.90 Å². The normalized spacial score (nSPS) is 21.9. The largest absolute Gasteiger partial charge is 0.478 e. The number of rotatable bonds is 7. The molecule has 0 aliphatic carbocycles. The van der Waals surface area contributed by atoms with Crippen LogP contribution in [-0.4, -0.2) is 46.6 Å². The SMILES string of the molecule is CC(C)NC(=O)c1ccc(N2[C@@H]3CC[C@H]2C[C@@H](NC(=O)C(C)(C)Oc2ccc(Cl)cc2)C3)nc1. The molecule has 2 N–H and O–H groups in total. The van der Waals surface area contributed by atoms with E-state index in [2.05, 4.69) is 20.5 Å². The van der Waals surface area contributed by atoms with E-state index in [1.807, 2.05) is 26.0 Å². The van der Waals surface area contributed by atoms with Crippen molar-refractivity contribution in [1.29, 1.82) is 0 Å². The number of hydrogen-bond donors (Lipinski definition) is 2. The molecule has 2 aliphatic heterocycles. The van der Waals surface area contributed by atoms with Crippen LogP contribution in [0.5, 0.6) is 5.75 Å². The highest BCUT2D eigenvalue weighted by molar-refractivity contribution is 6.30. The van der Waals surface area contributed by atoms with Crippen LogP contribution in [0.25, 0.3) is 0 Å². The Labute approximate surface area is 206 Å². The van der Waals surface area contributed by atoms with Crippen molar-refractivity contribution in [2.24, 2.45) is 0 Å². The zero-order chi connectivity index (χ0) is 24.5. The molecule has 4 rings (SSSR count). The van der Waals surface area contributed by atoms with Crippen LogP contribution in [0, 0.1) is 0 Å². The first-order chi connectivity index (χ1) is 16.1. The lowest BCUT2D eigenvalue weighted by molar-refractivity contribution is -0.135. The minimum atomic E-state index is -1.00. The van der Waals surface area contributed by atoms with E-state index in [1.54, 1.807) is 44.3 Å². The van der Waals surface area contributed by atoms with Crippen LogP contribution in [0.4, 0.5) is 5.82 Å². The smallest absolute Gasteiger partial charge is 0.263 e. The molecule has 1 aromatic heterocycles. The number of benzene rings is 1. The number of carbonyl (C=O) groups is 2. The van der Waals surface area contributed by atoms with Crippen molar-refractivity contribution in [1.82, 2.24) is 15.6 Å². The zero-order valence-electron chi connectivity index (χ0n) is 20.2. The number of halogens is 1. The van der Waals surface area contributed by atoms with Gasteiger partial charge in [-0.3, -0.25) is 9.59 Å². The third kappa shape index (κ3) is 5.46. The summed E-state index contributed by atoms with van der Waals surface area (Å²) in [5.41, 5.74) is -0.437. The fourth-order valence-electron chi connectivity index (χ4n) is 4.89. The average Bonchev–Trinajstić information content (AvgIpc) is 3.05. The number of carbonyl (C=O) groups excluding carboxylic acids is 2. The average molecular weight is 485 g/mol. The van der Waals surface area contributed by atoms with Crippen molar-refractivity contribution < 1.29 is 14.3 Å². The molecule has 0 unspecified atom stereocenters. The Balaban J connectivity index is 1.36. The van der Waals surface area contributed by atoms with Gasteiger partial charge in [0.05, 0.1) is 5.56 Å². The van der Waals surface area contributed by atoms with Crippen molar-refractivity contribution in [3.05, 3.63) is 53.2 Å². The van der Waals surface area contributed by atoms with Crippen LogP contribution in [0.2, 0.25) is 5.02 Å². The second kappa shape index (κ2) is 9.82. The van der Waals surface area contributed by atoms with Crippen LogP contribution in [0.3, 0.4) is 0 Å². The molecular formula is C26H33ClN4O3. The molecule has 2 fully saturated rings. The van der Waals surface area contributed by atoms with E-state index in [-0.39, 0.29) is 23.9 Å². The number of pyridine rings is 1. The molecular weight excluding hydrogens is 452 g/mol. The van der Waals surface area contributed by atoms with E-state index in [0.717, 1.165) is 31.5 Å². The maximum Gasteiger partial charge on any atom is 0.263 e. The highest BCUT2D eigenvalue weighted by Gasteiger charge is 2.43. The molecule has 2 bridgehead atoms. The van der Waals surface area contributed by atoms with Gasteiger partial charge in [-0.1, -0.05) is 11.6 Å². The van der Waals surface area contributed by atoms with Gasteiger partial charge in [-0.05, 0) is 89.8 Å². The molecule has 8 heteroatoms. The topological polar surface area (TPSA) is 83.6 Å². The molecule has 3 heterocycles. The van der Waals surface area contributed by atoms with Crippen molar-refractivity contribution in [2.45, 2.75) is 83.1 Å². The van der Waals surface area contributed by atoms with E-state index in [4.69, 9.17) is 16.3 Å². The first kappa shape index (κ1) is 24.3. The maximum absolute atomic E-state index is 13.0. The number of amides is 2. The van der Waals surface area contributed by atoms with Crippen LogP contribution >= 0.6 is 11.6 Å². The second-order valence-corrected chi connectivity index (χ2v) is 10.5. The van der Waals surface area contributed by atoms with Gasteiger partial charge in [0.25, 0.3) is 11.8 Å². The third-order valence-electron chi connectivity index (χ3n) is 6.50. The molecule has 3 atom stereocenters. The summed E-state index contributed by atoms with van der Waals surface area (Å²) in [5, 5.41) is 6.73. The van der Waals surface area contributed by atoms with Crippen molar-refractivity contribution in [3.8, 4) is 5.75 Å². The van der Waals surface area contributed by atoms with Gasteiger partial charge >= 0.3 is 0 Å². The fraction of sp³-hybridized carbons (Fsp3) is 0.500. The van der Waals surface area contributed by atoms with Crippen molar-refractivity contribution >= 4 is 29.2 Å². The zero-order valence-corrected chi connectivity index (χ0v) is 20.9. The third-order valence-corrected chi connectivity index (χ3v) is 6.75. The van der Waals surface area contributed by atoms with Crippen LogP contribution in [0.1, 0.15) is 63.7 Å². The minimum Gasteiger partial charge on any atom is -0.478 e. The van der Waals surface area contributed by atoms with Gasteiger partial charge in [-0.2, -0.15) is 0 Å². The van der Waals surface area contributed by atoms with Gasteiger partial charge in [0.2, 0.25) is 0 Å². The molecule has 0 spiro atoms. The molecule has 1 aromatic carbocycles. The number of hydrogen-bond acceptors (Lipinski definition) is 5. The first-order valence-corrected chi connectivity index (χ1v) is 12.3. The highest BCUT2D eigenvalue weighted by Crippen LogP contribution is 2.38. The highest BCUT2D eigenvalue weighted by atomic mass is 35.5. The Morgan fingerprint density at radius 2 is 1.74 bits per heavy atom. The summed E-state index contributed by atoms with van der Waals surface area (Å²) in [6, 6.07) is 11.6. The van der Waals surface area contributed by atoms with E-state index in [1.165, 1.54) is 0 Å². The Morgan fingerprint density at radius 3 is 2.29 bits per heavy atom. The van der Waals surface area contributed by atoms with Crippen LogP contribution in [0.15, 0.2) is 42.6 Å². The molecule has 182 valence electrons. The van der Waals surface area contributed by atoms with E-state index in [0.29, 0.717) is 28.4 Å². The van der Waals surface area contributed by atoms with Gasteiger partial charge in [0.1, 0.15) is 11.6 Å². The summed E-state index contributed by atoms with van der Waals surface area (Å²) < 4.78 is 5.95. The summed E-state index contributed by atoms with van der Waals surface area (Å²) in [7, 11) is 0. The molecule has 0 radical (unpaired) electrons. The number of ether oxygens (including phenoxy) is 1. The molecule has 2 saturated heterocycles. The standard InChI is InChI=1S/C26H33ClN4O3/c1-16(2)29-24(32)17-5-12-23(28-15-17)31-20-8-9-21(31)14-19(13-20)30-25(33)26(3,4)34-22-10-6-18(27)7-11-22/h5-7,10-12,15-16,19-21H,8-9,13-14H2,1-4H3,(H,29,32)(H,30,33)/t19-,20+,21-. The quantitative estimate of drug-likeness (QED) is 0.610. The number of anilines is 1. The second-order valence-electron chi connectivity index (χ2n) is 10.0.